The molecular weight excluding hydrogens is 315 g/mol. The van der Waals surface area contributed by atoms with Crippen LogP contribution in [0.5, 0.6) is 0 Å². The van der Waals surface area contributed by atoms with E-state index in [4.69, 9.17) is 5.73 Å². The first kappa shape index (κ1) is 20.3. The van der Waals surface area contributed by atoms with E-state index in [-0.39, 0.29) is 23.8 Å². The predicted molar refractivity (Wildman–Crippen MR) is 85.6 cm³/mol. The Kier molecular flexibility index (Phi) is 7.29. The molecule has 0 bridgehead atoms. The maximum absolute atomic E-state index is 13.4. The molecule has 1 atom stereocenters. The van der Waals surface area contributed by atoms with Gasteiger partial charge in [-0.15, -0.1) is 12.4 Å². The van der Waals surface area contributed by atoms with E-state index in [1.165, 1.54) is 12.1 Å². The van der Waals surface area contributed by atoms with Crippen LogP contribution in [0.25, 0.3) is 0 Å². The predicted octanol–water partition coefficient (Wildman–Crippen LogP) is 2.60. The summed E-state index contributed by atoms with van der Waals surface area (Å²) in [5.74, 6) is -0.274. The molecule has 0 radical (unpaired) electrons. The zero-order chi connectivity index (χ0) is 15.6. The summed E-state index contributed by atoms with van der Waals surface area (Å²) in [6.45, 7) is 7.58. The van der Waals surface area contributed by atoms with Gasteiger partial charge in [-0.05, 0) is 49.9 Å². The van der Waals surface area contributed by atoms with Gasteiger partial charge in [0.05, 0.1) is 4.90 Å². The topological polar surface area (TPSA) is 72.2 Å². The van der Waals surface area contributed by atoms with Gasteiger partial charge >= 0.3 is 0 Å². The van der Waals surface area contributed by atoms with Gasteiger partial charge in [-0.2, -0.15) is 0 Å². The minimum Gasteiger partial charge on any atom is -0.329 e. The van der Waals surface area contributed by atoms with Crippen molar-refractivity contribution >= 4 is 22.4 Å². The van der Waals surface area contributed by atoms with E-state index in [1.807, 2.05) is 13.8 Å². The second kappa shape index (κ2) is 7.54. The summed E-state index contributed by atoms with van der Waals surface area (Å²) in [5, 5.41) is 0. The second-order valence-electron chi connectivity index (χ2n) is 5.93. The molecule has 7 heteroatoms. The molecule has 0 aliphatic heterocycles. The lowest BCUT2D eigenvalue weighted by Crippen LogP contribution is -2.52. The summed E-state index contributed by atoms with van der Waals surface area (Å²) in [6.07, 6.45) is 0.608. The average Bonchev–Trinajstić information content (AvgIpc) is 2.25. The summed E-state index contributed by atoms with van der Waals surface area (Å²) >= 11 is 0. The van der Waals surface area contributed by atoms with Crippen molar-refractivity contribution in [1.29, 1.82) is 0 Å². The number of nitrogens with one attached hydrogen (secondary N) is 1. The molecule has 0 saturated heterocycles. The SMILES string of the molecule is Cc1cc(F)cc(S(=O)(=O)NC(C)(CN)CC(C)C)c1.Cl. The van der Waals surface area contributed by atoms with E-state index in [2.05, 4.69) is 4.72 Å². The van der Waals surface area contributed by atoms with Crippen molar-refractivity contribution in [2.24, 2.45) is 11.7 Å². The highest BCUT2D eigenvalue weighted by Gasteiger charge is 2.30. The van der Waals surface area contributed by atoms with Gasteiger partial charge < -0.3 is 5.73 Å². The number of hydrogen-bond donors (Lipinski definition) is 2. The summed E-state index contributed by atoms with van der Waals surface area (Å²) < 4.78 is 40.7. The quantitative estimate of drug-likeness (QED) is 0.837. The van der Waals surface area contributed by atoms with Crippen LogP contribution in [0.3, 0.4) is 0 Å². The van der Waals surface area contributed by atoms with Gasteiger partial charge in [0.25, 0.3) is 0 Å². The van der Waals surface area contributed by atoms with Crippen molar-refractivity contribution in [2.75, 3.05) is 6.54 Å². The van der Waals surface area contributed by atoms with E-state index >= 15 is 0 Å². The molecule has 4 nitrogen and oxygen atoms in total. The maximum atomic E-state index is 13.4. The fourth-order valence-electron chi connectivity index (χ4n) is 2.31. The minimum absolute atomic E-state index is 0. The first-order chi connectivity index (χ1) is 9.08. The van der Waals surface area contributed by atoms with Crippen molar-refractivity contribution in [2.45, 2.75) is 44.6 Å². The number of hydrogen-bond acceptors (Lipinski definition) is 3. The Morgan fingerprint density at radius 2 is 1.90 bits per heavy atom. The number of nitrogens with two attached hydrogens (primary N) is 1. The van der Waals surface area contributed by atoms with Crippen LogP contribution in [-0.4, -0.2) is 20.5 Å². The molecule has 1 rings (SSSR count). The third-order valence-electron chi connectivity index (χ3n) is 3.02. The van der Waals surface area contributed by atoms with Crippen molar-refractivity contribution in [3.63, 3.8) is 0 Å². The van der Waals surface area contributed by atoms with Gasteiger partial charge in [0, 0.05) is 12.1 Å². The Hall–Kier alpha value is -0.690. The minimum atomic E-state index is -3.79. The fraction of sp³-hybridized carbons (Fsp3) is 0.571. The van der Waals surface area contributed by atoms with Crippen LogP contribution in [0.4, 0.5) is 4.39 Å². The molecule has 1 aromatic carbocycles. The van der Waals surface area contributed by atoms with Gasteiger partial charge in [-0.25, -0.2) is 17.5 Å². The molecule has 0 saturated carbocycles. The average molecular weight is 339 g/mol. The maximum Gasteiger partial charge on any atom is 0.241 e. The van der Waals surface area contributed by atoms with Crippen LogP contribution < -0.4 is 10.5 Å². The fourth-order valence-corrected chi connectivity index (χ4v) is 3.85. The van der Waals surface area contributed by atoms with Crippen LogP contribution in [0, 0.1) is 18.7 Å². The zero-order valence-electron chi connectivity index (χ0n) is 12.8. The van der Waals surface area contributed by atoms with Crippen molar-refractivity contribution in [3.05, 3.63) is 29.6 Å². The summed E-state index contributed by atoms with van der Waals surface area (Å²) in [7, 11) is -3.79. The third-order valence-corrected chi connectivity index (χ3v) is 4.63. The zero-order valence-corrected chi connectivity index (χ0v) is 14.4. The molecule has 122 valence electrons. The Morgan fingerprint density at radius 1 is 1.33 bits per heavy atom. The van der Waals surface area contributed by atoms with Gasteiger partial charge in [0.15, 0.2) is 0 Å². The Balaban J connectivity index is 0.00000400. The lowest BCUT2D eigenvalue weighted by Gasteiger charge is -2.30. The highest BCUT2D eigenvalue weighted by Crippen LogP contribution is 2.20. The van der Waals surface area contributed by atoms with Crippen molar-refractivity contribution < 1.29 is 12.8 Å². The lowest BCUT2D eigenvalue weighted by molar-refractivity contribution is 0.344. The molecular formula is C14H24ClFN2O2S. The smallest absolute Gasteiger partial charge is 0.241 e. The van der Waals surface area contributed by atoms with E-state index in [1.54, 1.807) is 13.8 Å². The molecule has 1 aromatic rings. The second-order valence-corrected chi connectivity index (χ2v) is 7.61. The normalized spacial score (nSPS) is 14.6. The molecule has 3 N–H and O–H groups in total. The van der Waals surface area contributed by atoms with Crippen molar-refractivity contribution in [1.82, 2.24) is 4.72 Å². The molecule has 0 aliphatic rings. The number of rotatable bonds is 6. The van der Waals surface area contributed by atoms with E-state index in [9.17, 15) is 12.8 Å². The first-order valence-electron chi connectivity index (χ1n) is 6.59. The van der Waals surface area contributed by atoms with Crippen LogP contribution >= 0.6 is 12.4 Å². The van der Waals surface area contributed by atoms with Gasteiger partial charge in [0.2, 0.25) is 10.0 Å². The highest BCUT2D eigenvalue weighted by atomic mass is 35.5. The van der Waals surface area contributed by atoms with Gasteiger partial charge in [0.1, 0.15) is 5.82 Å². The van der Waals surface area contributed by atoms with Crippen LogP contribution in [0.2, 0.25) is 0 Å². The largest absolute Gasteiger partial charge is 0.329 e. The Bertz CT molecular complexity index is 558. The molecule has 0 aromatic heterocycles. The van der Waals surface area contributed by atoms with Gasteiger partial charge in [-0.3, -0.25) is 0 Å². The van der Waals surface area contributed by atoms with E-state index in [0.29, 0.717) is 17.9 Å². The molecule has 21 heavy (non-hydrogen) atoms. The number of benzene rings is 1. The molecule has 0 heterocycles. The lowest BCUT2D eigenvalue weighted by atomic mass is 9.92. The third kappa shape index (κ3) is 5.90. The number of halogens is 2. The number of sulfonamides is 1. The molecule has 0 amide bonds. The highest BCUT2D eigenvalue weighted by molar-refractivity contribution is 7.89. The summed E-state index contributed by atoms with van der Waals surface area (Å²) in [5.41, 5.74) is 5.52. The standard InChI is InChI=1S/C14H23FN2O2S.ClH/c1-10(2)8-14(4,9-16)17-20(18,19)13-6-11(3)5-12(15)7-13;/h5-7,10,17H,8-9,16H2,1-4H3;1H. The molecule has 1 unspecified atom stereocenters. The molecule has 0 fully saturated rings. The number of aryl methyl sites for hydroxylation is 1. The van der Waals surface area contributed by atoms with Crippen LogP contribution in [0.1, 0.15) is 32.8 Å². The van der Waals surface area contributed by atoms with Crippen molar-refractivity contribution in [3.8, 4) is 0 Å². The van der Waals surface area contributed by atoms with E-state index < -0.39 is 21.4 Å². The van der Waals surface area contributed by atoms with E-state index in [0.717, 1.165) is 6.07 Å². The molecule has 0 aliphatic carbocycles. The van der Waals surface area contributed by atoms with Crippen LogP contribution in [0.15, 0.2) is 23.1 Å². The van der Waals surface area contributed by atoms with Crippen LogP contribution in [-0.2, 0) is 10.0 Å². The first-order valence-corrected chi connectivity index (χ1v) is 8.07. The van der Waals surface area contributed by atoms with Gasteiger partial charge in [-0.1, -0.05) is 13.8 Å². The Morgan fingerprint density at radius 3 is 2.33 bits per heavy atom. The summed E-state index contributed by atoms with van der Waals surface area (Å²) in [6, 6.07) is 3.74. The summed E-state index contributed by atoms with van der Waals surface area (Å²) in [4.78, 5) is -0.0709. The molecule has 0 spiro atoms. The monoisotopic (exact) mass is 338 g/mol. The Labute approximate surface area is 132 Å².